The quantitative estimate of drug-likeness (QED) is 0.577. The molecule has 24 heavy (non-hydrogen) atoms. The molecule has 0 saturated carbocycles. The van der Waals surface area contributed by atoms with Crippen LogP contribution in [-0.4, -0.2) is 16.4 Å². The van der Waals surface area contributed by atoms with Crippen molar-refractivity contribution in [1.82, 2.24) is 9.78 Å². The Labute approximate surface area is 138 Å². The minimum Gasteiger partial charge on any atom is -0.490 e. The number of fused-ring (bicyclic) bond motifs is 2. The van der Waals surface area contributed by atoms with Crippen LogP contribution in [0.4, 0.5) is 0 Å². The summed E-state index contributed by atoms with van der Waals surface area (Å²) in [4.78, 5) is 12.6. The molecule has 0 aromatic heterocycles. The highest BCUT2D eigenvalue weighted by Crippen LogP contribution is 2.31. The average molecular weight is 320 g/mol. The molecule has 0 N–H and O–H groups in total. The highest BCUT2D eigenvalue weighted by atomic mass is 16.5. The van der Waals surface area contributed by atoms with E-state index in [0.717, 1.165) is 10.9 Å². The van der Waals surface area contributed by atoms with Crippen LogP contribution in [0.15, 0.2) is 63.8 Å². The van der Waals surface area contributed by atoms with Crippen molar-refractivity contribution in [3.63, 3.8) is 0 Å². The second kappa shape index (κ2) is 5.85. The van der Waals surface area contributed by atoms with E-state index in [4.69, 9.17) is 9.15 Å². The summed E-state index contributed by atoms with van der Waals surface area (Å²) >= 11 is 0. The molecule has 0 aliphatic carbocycles. The molecule has 0 fully saturated rings. The normalized spacial score (nSPS) is 11.2. The zero-order valence-electron chi connectivity index (χ0n) is 13.2. The van der Waals surface area contributed by atoms with Gasteiger partial charge in [0, 0.05) is 5.39 Å². The second-order valence-corrected chi connectivity index (χ2v) is 5.52. The molecule has 120 valence electrons. The summed E-state index contributed by atoms with van der Waals surface area (Å²) < 4.78 is 12.9. The Morgan fingerprint density at radius 3 is 2.75 bits per heavy atom. The first-order valence-electron chi connectivity index (χ1n) is 7.86. The molecule has 0 saturated heterocycles. The number of rotatable bonds is 4. The lowest BCUT2D eigenvalue weighted by Gasteiger charge is -2.06. The van der Waals surface area contributed by atoms with E-state index in [2.05, 4.69) is 5.10 Å². The number of ether oxygens (including phenoxy) is 1. The molecular formula is C19H16N2O3. The molecule has 0 amide bonds. The molecule has 2 aromatic rings. The van der Waals surface area contributed by atoms with Gasteiger partial charge in [-0.3, -0.25) is 4.79 Å². The maximum absolute atomic E-state index is 12.6. The monoisotopic (exact) mass is 320 g/mol. The van der Waals surface area contributed by atoms with Gasteiger partial charge in [0.15, 0.2) is 11.3 Å². The minimum absolute atomic E-state index is 0.152. The Morgan fingerprint density at radius 2 is 1.96 bits per heavy atom. The van der Waals surface area contributed by atoms with Crippen molar-refractivity contribution in [3.05, 3.63) is 70.5 Å². The van der Waals surface area contributed by atoms with E-state index in [-0.39, 0.29) is 5.56 Å². The number of hydrogen-bond donors (Lipinski definition) is 0. The zero-order valence-corrected chi connectivity index (χ0v) is 13.2. The molecule has 0 bridgehead atoms. The van der Waals surface area contributed by atoms with Crippen molar-refractivity contribution in [2.24, 2.45) is 0 Å². The summed E-state index contributed by atoms with van der Waals surface area (Å²) in [6, 6.07) is 17.2. The van der Waals surface area contributed by atoms with Crippen LogP contribution in [0.5, 0.6) is 5.75 Å². The molecule has 0 radical (unpaired) electrons. The summed E-state index contributed by atoms with van der Waals surface area (Å²) in [5.41, 5.74) is 1.95. The van der Waals surface area contributed by atoms with E-state index < -0.39 is 0 Å². The molecule has 2 aliphatic rings. The van der Waals surface area contributed by atoms with Crippen molar-refractivity contribution in [2.45, 2.75) is 13.5 Å². The molecule has 5 heteroatoms. The lowest BCUT2D eigenvalue weighted by molar-refractivity contribution is 0.338. The van der Waals surface area contributed by atoms with Gasteiger partial charge in [-0.2, -0.15) is 0 Å². The molecule has 2 aromatic carbocycles. The largest absolute Gasteiger partial charge is 0.490 e. The maximum Gasteiger partial charge on any atom is 0.279 e. The van der Waals surface area contributed by atoms with Crippen LogP contribution >= 0.6 is 0 Å². The fourth-order valence-corrected chi connectivity index (χ4v) is 2.78. The van der Waals surface area contributed by atoms with Gasteiger partial charge < -0.3 is 9.15 Å². The molecule has 2 aliphatic heterocycles. The first-order chi connectivity index (χ1) is 11.8. The number of nitrogens with zero attached hydrogens (tertiary/aromatic N) is 2. The van der Waals surface area contributed by atoms with Gasteiger partial charge in [0.2, 0.25) is 5.89 Å². The van der Waals surface area contributed by atoms with Gasteiger partial charge in [-0.1, -0.05) is 42.5 Å². The Bertz CT molecular complexity index is 1020. The molecule has 2 heterocycles. The van der Waals surface area contributed by atoms with Crippen LogP contribution in [-0.2, 0) is 6.54 Å². The third kappa shape index (κ3) is 2.44. The van der Waals surface area contributed by atoms with Gasteiger partial charge in [-0.15, -0.1) is 5.10 Å². The van der Waals surface area contributed by atoms with E-state index in [0.29, 0.717) is 35.9 Å². The van der Waals surface area contributed by atoms with E-state index in [1.54, 1.807) is 0 Å². The standard InChI is InChI=1S/C19H16N2O3/c1-2-23-16-10-6-9-14-11-15-18(24-17(14)16)20-21(19(15)22)12-13-7-4-3-5-8-13/h3-11H,2,12H2,1H3. The van der Waals surface area contributed by atoms with Crippen molar-refractivity contribution in [3.8, 4) is 17.2 Å². The summed E-state index contributed by atoms with van der Waals surface area (Å²) in [5.74, 6) is 0.984. The molecule has 4 rings (SSSR count). The van der Waals surface area contributed by atoms with E-state index in [1.807, 2.05) is 61.5 Å². The predicted molar refractivity (Wildman–Crippen MR) is 91.6 cm³/mol. The number of benzene rings is 2. The molecule has 0 unspecified atom stereocenters. The minimum atomic E-state index is -0.152. The summed E-state index contributed by atoms with van der Waals surface area (Å²) in [6.45, 7) is 2.88. The third-order valence-corrected chi connectivity index (χ3v) is 3.89. The Hall–Kier alpha value is -3.08. The van der Waals surface area contributed by atoms with E-state index in [1.165, 1.54) is 4.68 Å². The second-order valence-electron chi connectivity index (χ2n) is 5.52. The predicted octanol–water partition coefficient (Wildman–Crippen LogP) is 3.54. The summed E-state index contributed by atoms with van der Waals surface area (Å²) in [5, 5.41) is 5.16. The van der Waals surface area contributed by atoms with Crippen LogP contribution in [0.2, 0.25) is 0 Å². The van der Waals surface area contributed by atoms with Crippen molar-refractivity contribution in [1.29, 1.82) is 0 Å². The van der Waals surface area contributed by atoms with Gasteiger partial charge >= 0.3 is 0 Å². The smallest absolute Gasteiger partial charge is 0.279 e. The lowest BCUT2D eigenvalue weighted by Crippen LogP contribution is -2.17. The van der Waals surface area contributed by atoms with Gasteiger partial charge in [0.05, 0.1) is 13.2 Å². The van der Waals surface area contributed by atoms with Crippen LogP contribution < -0.4 is 10.3 Å². The number of hydrogen-bond acceptors (Lipinski definition) is 4. The summed E-state index contributed by atoms with van der Waals surface area (Å²) in [6.07, 6.45) is 0. The SMILES string of the molecule is CCOc1cccc2cc3c(=O)n(Cc4ccccc4)nc-3oc12. The topological polar surface area (TPSA) is 57.3 Å². The third-order valence-electron chi connectivity index (χ3n) is 3.89. The fourth-order valence-electron chi connectivity index (χ4n) is 2.78. The molecule has 0 atom stereocenters. The van der Waals surface area contributed by atoms with Crippen LogP contribution in [0.25, 0.3) is 22.4 Å². The highest BCUT2D eigenvalue weighted by molar-refractivity contribution is 5.86. The maximum atomic E-state index is 12.6. The van der Waals surface area contributed by atoms with Crippen LogP contribution in [0.1, 0.15) is 12.5 Å². The van der Waals surface area contributed by atoms with Crippen LogP contribution in [0, 0.1) is 0 Å². The van der Waals surface area contributed by atoms with Crippen molar-refractivity contribution in [2.75, 3.05) is 6.61 Å². The molecule has 0 spiro atoms. The lowest BCUT2D eigenvalue weighted by atomic mass is 10.1. The van der Waals surface area contributed by atoms with Gasteiger partial charge in [-0.05, 0) is 24.6 Å². The first kappa shape index (κ1) is 14.5. The van der Waals surface area contributed by atoms with E-state index >= 15 is 0 Å². The number of aromatic nitrogens is 2. The van der Waals surface area contributed by atoms with Crippen molar-refractivity contribution < 1.29 is 9.15 Å². The van der Waals surface area contributed by atoms with Gasteiger partial charge in [0.1, 0.15) is 5.56 Å². The first-order valence-corrected chi connectivity index (χ1v) is 7.86. The molecular weight excluding hydrogens is 304 g/mol. The van der Waals surface area contributed by atoms with Crippen molar-refractivity contribution >= 4 is 11.0 Å². The fraction of sp³-hybridized carbons (Fsp3) is 0.158. The molecule has 5 nitrogen and oxygen atoms in total. The number of para-hydroxylation sites is 1. The highest BCUT2D eigenvalue weighted by Gasteiger charge is 2.19. The Morgan fingerprint density at radius 1 is 1.12 bits per heavy atom. The Balaban J connectivity index is 1.86. The Kier molecular flexibility index (Phi) is 3.54. The zero-order chi connectivity index (χ0) is 16.5. The average Bonchev–Trinajstić information content (AvgIpc) is 2.90. The van der Waals surface area contributed by atoms with E-state index in [9.17, 15) is 4.79 Å². The van der Waals surface area contributed by atoms with Crippen LogP contribution in [0.3, 0.4) is 0 Å². The van der Waals surface area contributed by atoms with Gasteiger partial charge in [-0.25, -0.2) is 4.68 Å². The summed E-state index contributed by atoms with van der Waals surface area (Å²) in [7, 11) is 0. The van der Waals surface area contributed by atoms with Gasteiger partial charge in [0.25, 0.3) is 5.56 Å².